The fraction of sp³-hybridized carbons (Fsp3) is 0.167. The average Bonchev–Trinajstić information content (AvgIpc) is 2.78. The molecule has 0 aliphatic heterocycles. The molecule has 2 rings (SSSR count). The highest BCUT2D eigenvalue weighted by atomic mass is 32.1. The molecule has 0 fully saturated rings. The molecule has 0 N–H and O–H groups in total. The number of thiazole rings is 1. The van der Waals surface area contributed by atoms with E-state index < -0.39 is 0 Å². The summed E-state index contributed by atoms with van der Waals surface area (Å²) in [5, 5.41) is 2.74. The van der Waals surface area contributed by atoms with Crippen molar-refractivity contribution >= 4 is 17.1 Å². The topological polar surface area (TPSA) is 30.0 Å². The fourth-order valence-corrected chi connectivity index (χ4v) is 2.13. The van der Waals surface area contributed by atoms with Crippen LogP contribution in [0.5, 0.6) is 0 Å². The summed E-state index contributed by atoms with van der Waals surface area (Å²) in [6, 6.07) is 9.91. The molecule has 1 heterocycles. The maximum Gasteiger partial charge on any atom is 0.181 e. The van der Waals surface area contributed by atoms with Gasteiger partial charge >= 0.3 is 0 Å². The van der Waals surface area contributed by atoms with Crippen LogP contribution in [0.4, 0.5) is 0 Å². The van der Waals surface area contributed by atoms with E-state index in [1.807, 2.05) is 42.6 Å². The second-order valence-electron chi connectivity index (χ2n) is 3.18. The zero-order chi connectivity index (χ0) is 10.7. The molecule has 0 aliphatic rings. The summed E-state index contributed by atoms with van der Waals surface area (Å²) < 4.78 is 0. The van der Waals surface area contributed by atoms with E-state index in [-0.39, 0.29) is 5.78 Å². The first kappa shape index (κ1) is 10.1. The molecule has 0 atom stereocenters. The third-order valence-electron chi connectivity index (χ3n) is 2.13. The maximum absolute atomic E-state index is 11.4. The van der Waals surface area contributed by atoms with E-state index in [9.17, 15) is 4.79 Å². The largest absolute Gasteiger partial charge is 0.292 e. The highest BCUT2D eigenvalue weighted by Gasteiger charge is 2.09. The van der Waals surface area contributed by atoms with E-state index in [1.165, 1.54) is 11.3 Å². The first-order valence-corrected chi connectivity index (χ1v) is 5.73. The zero-order valence-corrected chi connectivity index (χ0v) is 9.25. The maximum atomic E-state index is 11.4. The van der Waals surface area contributed by atoms with Gasteiger partial charge in [-0.1, -0.05) is 37.3 Å². The van der Waals surface area contributed by atoms with Gasteiger partial charge in [0.25, 0.3) is 0 Å². The summed E-state index contributed by atoms with van der Waals surface area (Å²) in [5.74, 6) is 0.105. The standard InChI is InChI=1S/C12H11NOS/c1-2-11(14)10-8-15-12(13-10)9-6-4-3-5-7-9/h3-8H,2H2,1H3. The first-order valence-electron chi connectivity index (χ1n) is 4.85. The quantitative estimate of drug-likeness (QED) is 0.737. The van der Waals surface area contributed by atoms with E-state index >= 15 is 0 Å². The van der Waals surface area contributed by atoms with Crippen LogP contribution in [0.2, 0.25) is 0 Å². The van der Waals surface area contributed by atoms with Gasteiger partial charge in [-0.15, -0.1) is 11.3 Å². The Morgan fingerprint density at radius 2 is 2.07 bits per heavy atom. The van der Waals surface area contributed by atoms with E-state index in [2.05, 4.69) is 4.98 Å². The molecular formula is C12H11NOS. The lowest BCUT2D eigenvalue weighted by Crippen LogP contribution is -1.95. The van der Waals surface area contributed by atoms with Crippen LogP contribution in [0.1, 0.15) is 23.8 Å². The van der Waals surface area contributed by atoms with Gasteiger partial charge in [0.05, 0.1) is 0 Å². The van der Waals surface area contributed by atoms with Crippen LogP contribution >= 0.6 is 11.3 Å². The molecule has 0 amide bonds. The molecule has 3 heteroatoms. The van der Waals surface area contributed by atoms with E-state index in [4.69, 9.17) is 0 Å². The summed E-state index contributed by atoms with van der Waals surface area (Å²) in [7, 11) is 0. The minimum Gasteiger partial charge on any atom is -0.292 e. The fourth-order valence-electron chi connectivity index (χ4n) is 1.30. The highest BCUT2D eigenvalue weighted by Crippen LogP contribution is 2.23. The van der Waals surface area contributed by atoms with Gasteiger partial charge in [0.1, 0.15) is 10.7 Å². The van der Waals surface area contributed by atoms with Gasteiger partial charge < -0.3 is 0 Å². The van der Waals surface area contributed by atoms with Crippen LogP contribution in [0.25, 0.3) is 10.6 Å². The highest BCUT2D eigenvalue weighted by molar-refractivity contribution is 7.13. The van der Waals surface area contributed by atoms with Crippen LogP contribution in [-0.2, 0) is 0 Å². The Hall–Kier alpha value is -1.48. The zero-order valence-electron chi connectivity index (χ0n) is 8.43. The Labute approximate surface area is 92.6 Å². The molecule has 0 saturated heterocycles. The lowest BCUT2D eigenvalue weighted by Gasteiger charge is -1.93. The van der Waals surface area contributed by atoms with Gasteiger partial charge in [-0.25, -0.2) is 4.98 Å². The van der Waals surface area contributed by atoms with Crippen molar-refractivity contribution in [3.8, 4) is 10.6 Å². The number of hydrogen-bond donors (Lipinski definition) is 0. The molecule has 0 radical (unpaired) electrons. The van der Waals surface area contributed by atoms with Gasteiger partial charge in [0, 0.05) is 17.4 Å². The third kappa shape index (κ3) is 2.13. The Bertz CT molecular complexity index is 461. The molecule has 1 aromatic heterocycles. The number of ketones is 1. The first-order chi connectivity index (χ1) is 7.31. The number of carbonyl (C=O) groups is 1. The Morgan fingerprint density at radius 3 is 2.73 bits per heavy atom. The molecule has 2 nitrogen and oxygen atoms in total. The van der Waals surface area contributed by atoms with Crippen molar-refractivity contribution in [2.45, 2.75) is 13.3 Å². The average molecular weight is 217 g/mol. The van der Waals surface area contributed by atoms with Crippen LogP contribution in [0, 0.1) is 0 Å². The van der Waals surface area contributed by atoms with Crippen LogP contribution in [0.15, 0.2) is 35.7 Å². The second kappa shape index (κ2) is 4.36. The number of benzene rings is 1. The predicted molar refractivity (Wildman–Crippen MR) is 62.2 cm³/mol. The predicted octanol–water partition coefficient (Wildman–Crippen LogP) is 3.40. The number of rotatable bonds is 3. The number of carbonyl (C=O) groups excluding carboxylic acids is 1. The summed E-state index contributed by atoms with van der Waals surface area (Å²) in [6.07, 6.45) is 0.512. The van der Waals surface area contributed by atoms with E-state index in [1.54, 1.807) is 0 Å². The monoisotopic (exact) mass is 217 g/mol. The molecule has 0 bridgehead atoms. The van der Waals surface area contributed by atoms with Crippen LogP contribution in [-0.4, -0.2) is 10.8 Å². The Morgan fingerprint density at radius 1 is 1.33 bits per heavy atom. The summed E-state index contributed by atoms with van der Waals surface area (Å²) in [6.45, 7) is 1.85. The van der Waals surface area contributed by atoms with Crippen molar-refractivity contribution in [3.05, 3.63) is 41.4 Å². The van der Waals surface area contributed by atoms with Crippen LogP contribution in [0.3, 0.4) is 0 Å². The number of hydrogen-bond acceptors (Lipinski definition) is 3. The Balaban J connectivity index is 2.32. The van der Waals surface area contributed by atoms with Crippen molar-refractivity contribution in [1.82, 2.24) is 4.98 Å². The summed E-state index contributed by atoms with van der Waals surface area (Å²) >= 11 is 1.51. The van der Waals surface area contributed by atoms with Gasteiger partial charge in [-0.05, 0) is 0 Å². The van der Waals surface area contributed by atoms with Gasteiger partial charge in [0.15, 0.2) is 5.78 Å². The normalized spacial score (nSPS) is 10.2. The molecule has 1 aromatic carbocycles. The van der Waals surface area contributed by atoms with Gasteiger partial charge in [0.2, 0.25) is 0 Å². The van der Waals surface area contributed by atoms with E-state index in [0.717, 1.165) is 10.6 Å². The van der Waals surface area contributed by atoms with Crippen LogP contribution < -0.4 is 0 Å². The molecule has 76 valence electrons. The van der Waals surface area contributed by atoms with Crippen molar-refractivity contribution in [2.75, 3.05) is 0 Å². The van der Waals surface area contributed by atoms with Gasteiger partial charge in [-0.2, -0.15) is 0 Å². The second-order valence-corrected chi connectivity index (χ2v) is 4.04. The Kier molecular flexibility index (Phi) is 2.92. The number of aromatic nitrogens is 1. The molecule has 0 unspecified atom stereocenters. The molecule has 0 saturated carbocycles. The third-order valence-corrected chi connectivity index (χ3v) is 3.02. The van der Waals surface area contributed by atoms with Crippen molar-refractivity contribution in [1.29, 1.82) is 0 Å². The number of nitrogens with zero attached hydrogens (tertiary/aromatic N) is 1. The van der Waals surface area contributed by atoms with E-state index in [0.29, 0.717) is 12.1 Å². The molecule has 0 aliphatic carbocycles. The molecular weight excluding hydrogens is 206 g/mol. The van der Waals surface area contributed by atoms with Crippen molar-refractivity contribution in [2.24, 2.45) is 0 Å². The lowest BCUT2D eigenvalue weighted by molar-refractivity contribution is 0.0984. The molecule has 0 spiro atoms. The van der Waals surface area contributed by atoms with Crippen molar-refractivity contribution in [3.63, 3.8) is 0 Å². The van der Waals surface area contributed by atoms with Crippen molar-refractivity contribution < 1.29 is 4.79 Å². The molecule has 2 aromatic rings. The minimum absolute atomic E-state index is 0.105. The molecule has 15 heavy (non-hydrogen) atoms. The summed E-state index contributed by atoms with van der Waals surface area (Å²) in [5.41, 5.74) is 1.65. The van der Waals surface area contributed by atoms with Gasteiger partial charge in [-0.3, -0.25) is 4.79 Å². The minimum atomic E-state index is 0.105. The summed E-state index contributed by atoms with van der Waals surface area (Å²) in [4.78, 5) is 15.7. The number of Topliss-reactive ketones (excluding diaryl/α,β-unsaturated/α-hetero) is 1. The smallest absolute Gasteiger partial charge is 0.181 e. The lowest BCUT2D eigenvalue weighted by atomic mass is 10.2. The SMILES string of the molecule is CCC(=O)c1csc(-c2ccccc2)n1.